The largest absolute Gasteiger partial charge is 0.508 e. The Labute approximate surface area is 772 Å². The number of morpholine rings is 1. The van der Waals surface area contributed by atoms with Gasteiger partial charge in [-0.25, -0.2) is 13.2 Å². The number of rotatable bonds is 24. The number of fused-ring (bicyclic) bond motifs is 3. The van der Waals surface area contributed by atoms with E-state index in [0.29, 0.717) is 57.1 Å². The Kier molecular flexibility index (Phi) is 38.3. The van der Waals surface area contributed by atoms with Crippen molar-refractivity contribution in [3.05, 3.63) is 173 Å². The van der Waals surface area contributed by atoms with Crippen LogP contribution in [0.4, 0.5) is 13.2 Å². The fraction of sp³-hybridized carbons (Fsp3) is 0.456. The maximum atomic E-state index is 15.6. The standard InChI is InChI=1S/C90H112F3N17O23S/c1-48(2)77-90(131)107(4)68(36-49-16-9-7-10-17-49)83(124)103-65(41-75(117)118)87(128)109-29-31-133-45-71(109)85(126)101-62(38-53-42-96-59-21-14-13-20-56(53)59)81(122)100-61(34-51-23-25-54(111)26-24-51)80(121)99-60(22-15-28-94)79(120)104-66(78(119)97-43-72(95)113)46-134-47-73(114)98-64(35-52-32-57(91)76(93)58(92)33-52)86(127)108(5)70(37-50-18-11-8-12-19-50)88(129)106(3)67(27-30-132-6)89(130)110-44-55(112)39-69(110)84(125)102-63(40-74(115)116)82(123)105-77/h7-14,16-21,23-26,32-33,42,48,55,60-71,77,96,111-112H,15,22,27-31,34-41,43-47,94H2,1-6H3,(H2,95,113)(H,97,119)(H,98,114)(H,99,121)(H,100,122)(H,101,126)(H,102,125)(H,103,124)(H,104,120)(H,105,123)(H,115,116)(H,117,118)/t55-,60-,61-,62+,63-,64-,65-,66-,67-,68-,69+,70-,71+,77-/m0/s1. The second-order valence-corrected chi connectivity index (χ2v) is 34.2. The number of aromatic hydroxyl groups is 1. The highest BCUT2D eigenvalue weighted by Crippen LogP contribution is 2.28. The molecule has 134 heavy (non-hydrogen) atoms. The molecule has 3 aliphatic rings. The molecule has 0 saturated carbocycles. The minimum Gasteiger partial charge on any atom is -0.508 e. The number of ether oxygens (including phenoxy) is 2. The molecule has 18 N–H and O–H groups in total. The number of hydrogen-bond donors (Lipinski definition) is 16. The highest BCUT2D eigenvalue weighted by molar-refractivity contribution is 8.00. The Morgan fingerprint density at radius 2 is 1.10 bits per heavy atom. The van der Waals surface area contributed by atoms with Crippen LogP contribution in [0.3, 0.4) is 0 Å². The van der Waals surface area contributed by atoms with Gasteiger partial charge in [0, 0.05) is 116 Å². The van der Waals surface area contributed by atoms with Crippen molar-refractivity contribution in [2.24, 2.45) is 17.4 Å². The average Bonchev–Trinajstić information content (AvgIpc) is 1.73. The van der Waals surface area contributed by atoms with Gasteiger partial charge in [-0.05, 0) is 83.5 Å². The number of hydrogen-bond acceptors (Lipinski definition) is 23. The highest BCUT2D eigenvalue weighted by atomic mass is 32.2. The maximum Gasteiger partial charge on any atom is 0.305 e. The summed E-state index contributed by atoms with van der Waals surface area (Å²) in [5, 5.41) is 65.7. The Bertz CT molecular complexity index is 5220. The number of halogens is 3. The molecule has 0 spiro atoms. The molecule has 9 rings (SSSR count). The molecule has 3 fully saturated rings. The van der Waals surface area contributed by atoms with E-state index in [0.717, 1.165) is 45.6 Å². The minimum absolute atomic E-state index is 0.00755. The van der Waals surface area contributed by atoms with Gasteiger partial charge in [0.05, 0.1) is 44.5 Å². The summed E-state index contributed by atoms with van der Waals surface area (Å²) in [6.45, 7) is -0.217. The zero-order valence-electron chi connectivity index (χ0n) is 74.4. The van der Waals surface area contributed by atoms with Crippen LogP contribution in [0.25, 0.3) is 10.9 Å². The first-order valence-electron chi connectivity index (χ1n) is 43.2. The normalized spacial score (nSPS) is 24.1. The van der Waals surface area contributed by atoms with Crippen molar-refractivity contribution in [3.8, 4) is 5.75 Å². The summed E-state index contributed by atoms with van der Waals surface area (Å²) in [6.07, 6.45) is -5.89. The number of aliphatic hydroxyl groups excluding tert-OH is 1. The minimum atomic E-state index is -2.10. The number of primary amides is 1. The number of carbonyl (C=O) groups is 17. The molecular formula is C90H112F3N17O23S. The Morgan fingerprint density at radius 3 is 1.72 bits per heavy atom. The number of aromatic amines is 1. The van der Waals surface area contributed by atoms with Crippen molar-refractivity contribution in [2.75, 3.05) is 85.8 Å². The summed E-state index contributed by atoms with van der Waals surface area (Å²) >= 11 is 0.617. The van der Waals surface area contributed by atoms with Crippen molar-refractivity contribution in [1.82, 2.24) is 77.3 Å². The molecule has 3 aliphatic heterocycles. The second-order valence-electron chi connectivity index (χ2n) is 33.1. The van der Waals surface area contributed by atoms with E-state index in [1.165, 1.54) is 45.2 Å². The lowest BCUT2D eigenvalue weighted by molar-refractivity contribution is -0.154. The fourth-order valence-corrected chi connectivity index (χ4v) is 16.7. The number of phenolic OH excluding ortho intramolecular Hbond substituents is 1. The monoisotopic (exact) mass is 1890 g/mol. The first-order valence-corrected chi connectivity index (χ1v) is 44.3. The third-order valence-corrected chi connectivity index (χ3v) is 24.1. The third-order valence-electron chi connectivity index (χ3n) is 23.0. The fourth-order valence-electron chi connectivity index (χ4n) is 15.8. The predicted octanol–water partition coefficient (Wildman–Crippen LogP) is -1.92. The molecule has 0 bridgehead atoms. The van der Waals surface area contributed by atoms with Crippen LogP contribution in [-0.2, 0) is 123 Å². The van der Waals surface area contributed by atoms with E-state index < -0.39 is 284 Å². The van der Waals surface area contributed by atoms with Gasteiger partial charge in [-0.1, -0.05) is 105 Å². The number of carbonyl (C=O) groups excluding carboxylic acids is 15. The molecule has 44 heteroatoms. The van der Waals surface area contributed by atoms with Crippen molar-refractivity contribution in [3.63, 3.8) is 0 Å². The number of phenols is 1. The molecular weight excluding hydrogens is 1780 g/mol. The lowest BCUT2D eigenvalue weighted by atomic mass is 9.98. The third kappa shape index (κ3) is 28.7. The molecule has 6 aromatic rings. The number of aliphatic hydroxyl groups is 1. The average molecular weight is 1890 g/mol. The number of nitrogens with one attached hydrogen (secondary N) is 10. The quantitative estimate of drug-likeness (QED) is 0.0294. The van der Waals surface area contributed by atoms with Crippen molar-refractivity contribution >= 4 is 123 Å². The lowest BCUT2D eigenvalue weighted by Crippen LogP contribution is -2.64. The Hall–Kier alpha value is -13.6. The van der Waals surface area contributed by atoms with Gasteiger partial charge in [0.25, 0.3) is 0 Å². The maximum absolute atomic E-state index is 15.6. The van der Waals surface area contributed by atoms with Crippen LogP contribution in [-0.4, -0.2) is 321 Å². The van der Waals surface area contributed by atoms with Crippen molar-refractivity contribution in [1.29, 1.82) is 0 Å². The van der Waals surface area contributed by atoms with Gasteiger partial charge in [-0.15, -0.1) is 11.8 Å². The van der Waals surface area contributed by atoms with E-state index in [9.17, 15) is 63.2 Å². The molecule has 40 nitrogen and oxygen atoms in total. The smallest absolute Gasteiger partial charge is 0.305 e. The molecule has 3 saturated heterocycles. The van der Waals surface area contributed by atoms with E-state index in [2.05, 4.69) is 52.8 Å². The SMILES string of the molecule is COCC[C@H]1C(=O)N2C[C@@H](O)C[C@@H]2C(=O)N[C@@H](CC(=O)O)C(=O)N[C@@H](C(C)C)C(=O)N(C)[C@@H](Cc2ccccc2)C(=O)N[C@@H](CC(=O)O)C(=O)N2CCOC[C@@H]2C(=O)N[C@H](Cc2c[nH]c3ccccc23)C(=O)N[C@@H](Cc2ccc(O)cc2)C(=O)N[C@@H](CCCN)C(=O)N[C@H](C(=O)NCC(N)=O)CSCC(=O)N[C@@H](Cc2cc(F)c(F)c(F)c2)C(=O)N(C)[C@@H](Cc2ccccc2)C(=O)N1C. The predicted molar refractivity (Wildman–Crippen MR) is 475 cm³/mol. The van der Waals surface area contributed by atoms with Crippen LogP contribution in [0.5, 0.6) is 5.75 Å². The van der Waals surface area contributed by atoms with Gasteiger partial charge in [-0.3, -0.25) is 81.5 Å². The van der Waals surface area contributed by atoms with E-state index in [-0.39, 0.29) is 64.0 Å². The lowest BCUT2D eigenvalue weighted by Gasteiger charge is -2.38. The van der Waals surface area contributed by atoms with E-state index in [1.807, 2.05) is 0 Å². The van der Waals surface area contributed by atoms with Crippen molar-refractivity contribution in [2.45, 2.75) is 169 Å². The summed E-state index contributed by atoms with van der Waals surface area (Å²) in [7, 11) is 4.69. The number of carboxylic acid groups (broad SMARTS) is 2. The highest BCUT2D eigenvalue weighted by Gasteiger charge is 2.48. The van der Waals surface area contributed by atoms with E-state index in [4.69, 9.17) is 20.9 Å². The van der Waals surface area contributed by atoms with Crippen LogP contribution in [0.1, 0.15) is 80.2 Å². The molecule has 0 aliphatic carbocycles. The zero-order chi connectivity index (χ0) is 97.9. The van der Waals surface area contributed by atoms with Crippen LogP contribution in [0.15, 0.2) is 128 Å². The molecule has 1 aromatic heterocycles. The molecule has 0 radical (unpaired) electrons. The number of amides is 15. The van der Waals surface area contributed by atoms with Gasteiger partial charge < -0.3 is 119 Å². The van der Waals surface area contributed by atoms with Crippen LogP contribution < -0.4 is 59.3 Å². The number of nitrogens with two attached hydrogens (primary N) is 2. The number of likely N-dealkylation sites (N-methyl/N-ethyl adjacent to an activating group) is 3. The van der Waals surface area contributed by atoms with Crippen LogP contribution >= 0.6 is 11.8 Å². The number of nitrogens with zero attached hydrogens (tertiary/aromatic N) is 5. The van der Waals surface area contributed by atoms with Gasteiger partial charge in [-0.2, -0.15) is 0 Å². The number of aliphatic carboxylic acids is 2. The first kappa shape index (κ1) is 104. The molecule has 0 unspecified atom stereocenters. The number of carboxylic acids is 2. The van der Waals surface area contributed by atoms with Crippen LogP contribution in [0, 0.1) is 23.4 Å². The molecule has 722 valence electrons. The number of benzene rings is 5. The summed E-state index contributed by atoms with van der Waals surface area (Å²) < 4.78 is 56.2. The molecule has 5 aromatic carbocycles. The zero-order valence-corrected chi connectivity index (χ0v) is 75.2. The van der Waals surface area contributed by atoms with E-state index >= 15 is 51.9 Å². The number of para-hydroxylation sites is 1. The topological polar surface area (TPSA) is 582 Å². The molecule has 4 heterocycles. The molecule has 14 atom stereocenters. The number of aromatic nitrogens is 1. The van der Waals surface area contributed by atoms with E-state index in [1.54, 1.807) is 91.1 Å². The number of H-pyrrole nitrogens is 1. The summed E-state index contributed by atoms with van der Waals surface area (Å²) in [5.41, 5.74) is 13.1. The van der Waals surface area contributed by atoms with Gasteiger partial charge >= 0.3 is 11.9 Å². The van der Waals surface area contributed by atoms with Gasteiger partial charge in [0.1, 0.15) is 84.3 Å². The van der Waals surface area contributed by atoms with Crippen LogP contribution in [0.2, 0.25) is 0 Å². The van der Waals surface area contributed by atoms with Crippen molar-refractivity contribution < 1.29 is 125 Å². The summed E-state index contributed by atoms with van der Waals surface area (Å²) in [5.74, 6) is -27.8. The number of methoxy groups -OCH3 is 1. The Balaban J connectivity index is 1.14. The Morgan fingerprint density at radius 1 is 0.560 bits per heavy atom. The first-order chi connectivity index (χ1) is 63.7. The van der Waals surface area contributed by atoms with Gasteiger partial charge in [0.15, 0.2) is 17.5 Å². The molecule has 15 amide bonds. The summed E-state index contributed by atoms with van der Waals surface area (Å²) in [4.78, 5) is 257. The summed E-state index contributed by atoms with van der Waals surface area (Å²) in [6, 6.07) is 5.94. The number of thioether (sulfide) groups is 1. The second kappa shape index (κ2) is 49.2. The van der Waals surface area contributed by atoms with Gasteiger partial charge in [0.2, 0.25) is 88.6 Å².